The van der Waals surface area contributed by atoms with Gasteiger partial charge in [-0.1, -0.05) is 18.6 Å². The third-order valence-corrected chi connectivity index (χ3v) is 8.56. The average molecular weight is 481 g/mol. The van der Waals surface area contributed by atoms with Crippen LogP contribution in [-0.4, -0.2) is 48.2 Å². The summed E-state index contributed by atoms with van der Waals surface area (Å²) in [5.74, 6) is 0.569. The number of carbonyl (C=O) groups excluding carboxylic acids is 1. The zero-order valence-electron chi connectivity index (χ0n) is 19.0. The van der Waals surface area contributed by atoms with Crippen LogP contribution in [0.15, 0.2) is 52.2 Å². The van der Waals surface area contributed by atoms with Gasteiger partial charge in [0.15, 0.2) is 0 Å². The molecule has 1 saturated heterocycles. The first-order valence-corrected chi connectivity index (χ1v) is 13.3. The molecule has 3 heterocycles. The van der Waals surface area contributed by atoms with Gasteiger partial charge in [-0.3, -0.25) is 9.59 Å². The van der Waals surface area contributed by atoms with Gasteiger partial charge >= 0.3 is 0 Å². The number of carbonyl (C=O) groups is 1. The number of benzene rings is 2. The number of rotatable bonds is 6. The third-order valence-electron chi connectivity index (χ3n) is 6.67. The molecule has 178 valence electrons. The molecular formula is C25H28N4O4S. The number of piperidine rings is 1. The first kappa shape index (κ1) is 22.7. The normalized spacial score (nSPS) is 16.6. The Balaban J connectivity index is 1.24. The predicted octanol–water partition coefficient (Wildman–Crippen LogP) is 3.01. The topological polar surface area (TPSA) is 103 Å². The zero-order valence-corrected chi connectivity index (χ0v) is 19.8. The smallest absolute Gasteiger partial charge is 0.258 e. The Hall–Kier alpha value is -3.04. The standard InChI is InChI=1S/C25H28N4O4S/c30-24(10-6-9-23-26-21-8-3-2-7-20(21)25(31)27-23)29-16-13-18-17-19(11-12-22(18)29)34(32,33)28-14-4-1-5-15-28/h2-3,7-8,11-12,17H,1,4-6,9-10,13-16H2,(H,26,27,31). The number of amides is 1. The van der Waals surface area contributed by atoms with Crippen LogP contribution < -0.4 is 10.5 Å². The van der Waals surface area contributed by atoms with Crippen molar-refractivity contribution < 1.29 is 13.2 Å². The highest BCUT2D eigenvalue weighted by atomic mass is 32.2. The molecule has 3 aromatic rings. The number of nitrogens with zero attached hydrogens (tertiary/aromatic N) is 3. The lowest BCUT2D eigenvalue weighted by Gasteiger charge is -2.26. The molecule has 0 atom stereocenters. The Kier molecular flexibility index (Phi) is 6.22. The Morgan fingerprint density at radius 2 is 1.82 bits per heavy atom. The van der Waals surface area contributed by atoms with Gasteiger partial charge in [0.2, 0.25) is 15.9 Å². The Labute approximate surface area is 198 Å². The van der Waals surface area contributed by atoms with E-state index in [-0.39, 0.29) is 11.5 Å². The van der Waals surface area contributed by atoms with Gasteiger partial charge < -0.3 is 9.88 Å². The fourth-order valence-electron chi connectivity index (χ4n) is 4.85. The van der Waals surface area contributed by atoms with Gasteiger partial charge in [-0.05, 0) is 61.6 Å². The number of H-pyrrole nitrogens is 1. The molecule has 0 radical (unpaired) electrons. The number of fused-ring (bicyclic) bond motifs is 2. The maximum Gasteiger partial charge on any atom is 0.258 e. The lowest BCUT2D eigenvalue weighted by atomic mass is 10.1. The molecule has 0 bridgehead atoms. The Bertz CT molecular complexity index is 1390. The molecule has 1 aromatic heterocycles. The summed E-state index contributed by atoms with van der Waals surface area (Å²) in [6, 6.07) is 12.3. The number of aromatic nitrogens is 2. The molecule has 5 rings (SSSR count). The van der Waals surface area contributed by atoms with Crippen LogP contribution in [0.5, 0.6) is 0 Å². The molecule has 8 nitrogen and oxygen atoms in total. The van der Waals surface area contributed by atoms with Crippen molar-refractivity contribution in [1.82, 2.24) is 14.3 Å². The van der Waals surface area contributed by atoms with Gasteiger partial charge in [-0.15, -0.1) is 0 Å². The first-order chi connectivity index (χ1) is 16.4. The molecule has 1 fully saturated rings. The van der Waals surface area contributed by atoms with E-state index < -0.39 is 10.0 Å². The molecule has 2 aromatic carbocycles. The summed E-state index contributed by atoms with van der Waals surface area (Å²) < 4.78 is 27.6. The number of sulfonamides is 1. The van der Waals surface area contributed by atoms with Crippen molar-refractivity contribution in [2.45, 2.75) is 49.8 Å². The summed E-state index contributed by atoms with van der Waals surface area (Å²) in [7, 11) is -3.49. The highest BCUT2D eigenvalue weighted by Gasteiger charge is 2.29. The lowest BCUT2D eigenvalue weighted by Crippen LogP contribution is -2.35. The average Bonchev–Trinajstić information content (AvgIpc) is 3.28. The monoisotopic (exact) mass is 480 g/mol. The summed E-state index contributed by atoms with van der Waals surface area (Å²) in [5, 5.41) is 0.553. The number of para-hydroxylation sites is 1. The van der Waals surface area contributed by atoms with E-state index in [4.69, 9.17) is 0 Å². The van der Waals surface area contributed by atoms with Crippen LogP contribution in [0, 0.1) is 0 Å². The molecule has 0 unspecified atom stereocenters. The molecule has 1 amide bonds. The Morgan fingerprint density at radius 3 is 2.65 bits per heavy atom. The molecule has 1 N–H and O–H groups in total. The molecule has 0 spiro atoms. The van der Waals surface area contributed by atoms with Gasteiger partial charge in [0.05, 0.1) is 15.8 Å². The van der Waals surface area contributed by atoms with E-state index in [0.29, 0.717) is 66.9 Å². The predicted molar refractivity (Wildman–Crippen MR) is 130 cm³/mol. The highest BCUT2D eigenvalue weighted by Crippen LogP contribution is 2.32. The molecule has 2 aliphatic rings. The fourth-order valence-corrected chi connectivity index (χ4v) is 6.42. The largest absolute Gasteiger partial charge is 0.312 e. The maximum absolute atomic E-state index is 13.0. The summed E-state index contributed by atoms with van der Waals surface area (Å²) in [5.41, 5.74) is 2.17. The van der Waals surface area contributed by atoms with Crippen LogP contribution in [0.25, 0.3) is 10.9 Å². The minimum atomic E-state index is -3.49. The highest BCUT2D eigenvalue weighted by molar-refractivity contribution is 7.89. The minimum absolute atomic E-state index is 0.00600. The van der Waals surface area contributed by atoms with Crippen LogP contribution in [-0.2, 0) is 27.7 Å². The van der Waals surface area contributed by atoms with Crippen LogP contribution >= 0.6 is 0 Å². The minimum Gasteiger partial charge on any atom is -0.312 e. The SMILES string of the molecule is O=C(CCCc1nc2ccccc2c(=O)[nH]1)N1CCc2cc(S(=O)(=O)N3CCCCC3)ccc21. The van der Waals surface area contributed by atoms with Crippen molar-refractivity contribution in [1.29, 1.82) is 0 Å². The van der Waals surface area contributed by atoms with Crippen LogP contribution in [0.3, 0.4) is 0 Å². The van der Waals surface area contributed by atoms with Gasteiger partial charge in [0.1, 0.15) is 5.82 Å². The van der Waals surface area contributed by atoms with E-state index in [1.54, 1.807) is 45.6 Å². The summed E-state index contributed by atoms with van der Waals surface area (Å²) >= 11 is 0. The van der Waals surface area contributed by atoms with Crippen molar-refractivity contribution in [2.24, 2.45) is 0 Å². The quantitative estimate of drug-likeness (QED) is 0.584. The van der Waals surface area contributed by atoms with E-state index in [2.05, 4.69) is 9.97 Å². The summed E-state index contributed by atoms with van der Waals surface area (Å²) in [6.07, 6.45) is 4.89. The van der Waals surface area contributed by atoms with E-state index in [0.717, 1.165) is 30.5 Å². The number of hydrogen-bond acceptors (Lipinski definition) is 5. The zero-order chi connectivity index (χ0) is 23.7. The van der Waals surface area contributed by atoms with Gasteiger partial charge in [0.25, 0.3) is 5.56 Å². The number of aryl methyl sites for hydroxylation is 1. The van der Waals surface area contributed by atoms with Gasteiger partial charge in [-0.25, -0.2) is 13.4 Å². The molecule has 9 heteroatoms. The van der Waals surface area contributed by atoms with Gasteiger partial charge in [0, 0.05) is 38.2 Å². The lowest BCUT2D eigenvalue weighted by molar-refractivity contribution is -0.118. The molecular weight excluding hydrogens is 452 g/mol. The second kappa shape index (κ2) is 9.31. The van der Waals surface area contributed by atoms with E-state index in [1.165, 1.54) is 0 Å². The second-order valence-electron chi connectivity index (χ2n) is 8.93. The van der Waals surface area contributed by atoms with Gasteiger partial charge in [-0.2, -0.15) is 4.31 Å². The first-order valence-electron chi connectivity index (χ1n) is 11.8. The fraction of sp³-hybridized carbons (Fsp3) is 0.400. The van der Waals surface area contributed by atoms with Crippen molar-refractivity contribution in [3.05, 3.63) is 64.2 Å². The van der Waals surface area contributed by atoms with Crippen LogP contribution in [0.1, 0.15) is 43.5 Å². The molecule has 2 aliphatic heterocycles. The number of anilines is 1. The van der Waals surface area contributed by atoms with Crippen LogP contribution in [0.4, 0.5) is 5.69 Å². The Morgan fingerprint density at radius 1 is 1.03 bits per heavy atom. The second-order valence-corrected chi connectivity index (χ2v) is 10.9. The van der Waals surface area contributed by atoms with Crippen molar-refractivity contribution in [3.8, 4) is 0 Å². The third kappa shape index (κ3) is 4.37. The number of hydrogen-bond donors (Lipinski definition) is 1. The van der Waals surface area contributed by atoms with Crippen molar-refractivity contribution in [3.63, 3.8) is 0 Å². The molecule has 0 aliphatic carbocycles. The molecule has 34 heavy (non-hydrogen) atoms. The van der Waals surface area contributed by atoms with Crippen LogP contribution in [0.2, 0.25) is 0 Å². The summed E-state index contributed by atoms with van der Waals surface area (Å²) in [4.78, 5) is 34.5. The number of nitrogens with one attached hydrogen (secondary N) is 1. The van der Waals surface area contributed by atoms with Crippen molar-refractivity contribution in [2.75, 3.05) is 24.5 Å². The van der Waals surface area contributed by atoms with E-state index in [9.17, 15) is 18.0 Å². The number of aromatic amines is 1. The van der Waals surface area contributed by atoms with E-state index >= 15 is 0 Å². The summed E-state index contributed by atoms with van der Waals surface area (Å²) in [6.45, 7) is 1.69. The molecule has 0 saturated carbocycles. The maximum atomic E-state index is 13.0. The van der Waals surface area contributed by atoms with Crippen molar-refractivity contribution >= 4 is 32.5 Å². The van der Waals surface area contributed by atoms with E-state index in [1.807, 2.05) is 6.07 Å².